The normalized spacial score (nSPS) is 14.9. The number of rotatable bonds is 8. The van der Waals surface area contributed by atoms with Crippen LogP contribution in [0.1, 0.15) is 18.4 Å². The van der Waals surface area contributed by atoms with Crippen LogP contribution in [0, 0.1) is 0 Å². The van der Waals surface area contributed by atoms with E-state index in [9.17, 15) is 14.4 Å². The molecule has 0 unspecified atom stereocenters. The van der Waals surface area contributed by atoms with Crippen molar-refractivity contribution in [2.75, 3.05) is 6.54 Å². The van der Waals surface area contributed by atoms with E-state index in [0.29, 0.717) is 10.6 Å². The minimum absolute atomic E-state index is 0.0819. The smallest absolute Gasteiger partial charge is 0.303 e. The van der Waals surface area contributed by atoms with Crippen LogP contribution in [0.3, 0.4) is 0 Å². The Kier molecular flexibility index (Phi) is 7.00. The fourth-order valence-corrected chi connectivity index (χ4v) is 5.20. The number of thioether (sulfide) groups is 1. The summed E-state index contributed by atoms with van der Waals surface area (Å²) in [5.41, 5.74) is 2.38. The molecule has 1 fully saturated rings. The number of hydrogen-bond donors (Lipinski definition) is 1. The SMILES string of the molecule is Cn1nc(-c2ccccc2)c(C=C2SC(=O)N(CCCC(=O)O)C2=O)c1Sc1ccccc1. The summed E-state index contributed by atoms with van der Waals surface area (Å²) in [6.45, 7) is 0.0819. The zero-order valence-corrected chi connectivity index (χ0v) is 19.4. The lowest BCUT2D eigenvalue weighted by atomic mass is 10.1. The van der Waals surface area contributed by atoms with Crippen molar-refractivity contribution in [3.63, 3.8) is 0 Å². The molecular weight excluding hydrogens is 458 g/mol. The fourth-order valence-electron chi connectivity index (χ4n) is 3.40. The first-order chi connectivity index (χ1) is 15.9. The lowest BCUT2D eigenvalue weighted by Crippen LogP contribution is -2.29. The number of nitrogens with zero attached hydrogens (tertiary/aromatic N) is 3. The second-order valence-electron chi connectivity index (χ2n) is 7.30. The Balaban J connectivity index is 1.72. The number of aliphatic carboxylic acids is 1. The van der Waals surface area contributed by atoms with Gasteiger partial charge in [0.2, 0.25) is 0 Å². The van der Waals surface area contributed by atoms with Crippen molar-refractivity contribution in [3.8, 4) is 11.3 Å². The van der Waals surface area contributed by atoms with E-state index >= 15 is 0 Å². The number of carbonyl (C=O) groups excluding carboxylic acids is 2. The summed E-state index contributed by atoms with van der Waals surface area (Å²) in [6.07, 6.45) is 1.85. The predicted molar refractivity (Wildman–Crippen MR) is 129 cm³/mol. The van der Waals surface area contributed by atoms with Crippen LogP contribution in [0.15, 0.2) is 75.5 Å². The van der Waals surface area contributed by atoms with Crippen molar-refractivity contribution in [3.05, 3.63) is 71.1 Å². The van der Waals surface area contributed by atoms with Crippen LogP contribution in [0.2, 0.25) is 0 Å². The summed E-state index contributed by atoms with van der Waals surface area (Å²) in [5, 5.41) is 14.0. The largest absolute Gasteiger partial charge is 0.481 e. The number of amides is 2. The van der Waals surface area contributed by atoms with Crippen LogP contribution >= 0.6 is 23.5 Å². The number of carboxylic acid groups (broad SMARTS) is 1. The molecule has 2 amide bonds. The molecule has 1 saturated heterocycles. The van der Waals surface area contributed by atoms with Gasteiger partial charge in [-0.25, -0.2) is 0 Å². The second kappa shape index (κ2) is 10.1. The van der Waals surface area contributed by atoms with Crippen molar-refractivity contribution in [2.45, 2.75) is 22.8 Å². The van der Waals surface area contributed by atoms with Crippen LogP contribution in [-0.2, 0) is 16.6 Å². The molecule has 1 aromatic heterocycles. The van der Waals surface area contributed by atoms with Crippen molar-refractivity contribution < 1.29 is 19.5 Å². The standard InChI is InChI=1S/C24H21N3O4S2/c1-26-23(32-17-11-6-3-7-12-17)18(21(25-26)16-9-4-2-5-10-16)15-19-22(30)27(24(31)33-19)14-8-13-20(28)29/h2-7,9-12,15H,8,13-14H2,1H3,(H,28,29). The number of aromatic nitrogens is 2. The average Bonchev–Trinajstić information content (AvgIpc) is 3.25. The number of imide groups is 1. The minimum atomic E-state index is -0.956. The molecule has 3 aromatic rings. The molecule has 0 bridgehead atoms. The second-order valence-corrected chi connectivity index (χ2v) is 9.36. The van der Waals surface area contributed by atoms with Gasteiger partial charge < -0.3 is 5.11 Å². The molecule has 33 heavy (non-hydrogen) atoms. The molecular formula is C24H21N3O4S2. The summed E-state index contributed by atoms with van der Waals surface area (Å²) < 4.78 is 1.78. The molecule has 0 aliphatic carbocycles. The molecule has 9 heteroatoms. The third kappa shape index (κ3) is 5.20. The van der Waals surface area contributed by atoms with Gasteiger partial charge >= 0.3 is 5.97 Å². The van der Waals surface area contributed by atoms with E-state index in [-0.39, 0.29) is 24.6 Å². The summed E-state index contributed by atoms with van der Waals surface area (Å²) in [6, 6.07) is 19.5. The van der Waals surface area contributed by atoms with E-state index in [4.69, 9.17) is 10.2 Å². The number of hydrogen-bond acceptors (Lipinski definition) is 6. The highest BCUT2D eigenvalue weighted by Crippen LogP contribution is 2.40. The Labute approximate surface area is 199 Å². The van der Waals surface area contributed by atoms with Gasteiger partial charge in [0.25, 0.3) is 11.1 Å². The predicted octanol–water partition coefficient (Wildman–Crippen LogP) is 5.14. The summed E-state index contributed by atoms with van der Waals surface area (Å²) >= 11 is 2.40. The Hall–Kier alpha value is -3.30. The molecule has 0 saturated carbocycles. The van der Waals surface area contributed by atoms with E-state index in [0.717, 1.165) is 37.7 Å². The number of benzene rings is 2. The molecule has 0 radical (unpaired) electrons. The highest BCUT2D eigenvalue weighted by Gasteiger charge is 2.35. The minimum Gasteiger partial charge on any atom is -0.481 e. The molecule has 2 aromatic carbocycles. The third-order valence-electron chi connectivity index (χ3n) is 4.96. The van der Waals surface area contributed by atoms with Crippen LogP contribution in [0.5, 0.6) is 0 Å². The number of carbonyl (C=O) groups is 3. The Morgan fingerprint density at radius 2 is 1.76 bits per heavy atom. The summed E-state index contributed by atoms with van der Waals surface area (Å²) in [7, 11) is 1.85. The summed E-state index contributed by atoms with van der Waals surface area (Å²) in [5.74, 6) is -1.36. The van der Waals surface area contributed by atoms with Gasteiger partial charge in [0.15, 0.2) is 0 Å². The Bertz CT molecular complexity index is 1220. The van der Waals surface area contributed by atoms with Gasteiger partial charge in [-0.15, -0.1) is 0 Å². The average molecular weight is 480 g/mol. The molecule has 4 rings (SSSR count). The van der Waals surface area contributed by atoms with Gasteiger partial charge in [-0.3, -0.25) is 24.0 Å². The molecule has 0 atom stereocenters. The zero-order chi connectivity index (χ0) is 23.4. The first-order valence-electron chi connectivity index (χ1n) is 10.3. The number of aryl methyl sites for hydroxylation is 1. The highest BCUT2D eigenvalue weighted by molar-refractivity contribution is 8.18. The van der Waals surface area contributed by atoms with Crippen molar-refractivity contribution in [1.82, 2.24) is 14.7 Å². The topological polar surface area (TPSA) is 92.5 Å². The molecule has 1 aliphatic heterocycles. The van der Waals surface area contributed by atoms with Gasteiger partial charge in [0.05, 0.1) is 4.91 Å². The lowest BCUT2D eigenvalue weighted by Gasteiger charge is -2.11. The van der Waals surface area contributed by atoms with E-state index in [1.54, 1.807) is 10.8 Å². The first-order valence-corrected chi connectivity index (χ1v) is 11.9. The number of carboxylic acids is 1. The monoisotopic (exact) mass is 479 g/mol. The zero-order valence-electron chi connectivity index (χ0n) is 17.8. The maximum atomic E-state index is 13.0. The van der Waals surface area contributed by atoms with Gasteiger partial charge in [-0.1, -0.05) is 60.3 Å². The quantitative estimate of drug-likeness (QED) is 0.447. The van der Waals surface area contributed by atoms with Gasteiger partial charge in [0, 0.05) is 36.0 Å². The van der Waals surface area contributed by atoms with Crippen LogP contribution in [0.25, 0.3) is 17.3 Å². The molecule has 1 N–H and O–H groups in total. The van der Waals surface area contributed by atoms with E-state index in [1.165, 1.54) is 11.8 Å². The first kappa shape index (κ1) is 22.9. The highest BCUT2D eigenvalue weighted by atomic mass is 32.2. The van der Waals surface area contributed by atoms with E-state index in [2.05, 4.69) is 0 Å². The van der Waals surface area contributed by atoms with Gasteiger partial charge in [0.1, 0.15) is 10.7 Å². The Morgan fingerprint density at radius 1 is 1.09 bits per heavy atom. The third-order valence-corrected chi connectivity index (χ3v) is 7.05. The molecule has 2 heterocycles. The van der Waals surface area contributed by atoms with Crippen molar-refractivity contribution in [2.24, 2.45) is 7.05 Å². The van der Waals surface area contributed by atoms with Gasteiger partial charge in [-0.2, -0.15) is 5.10 Å². The molecule has 0 spiro atoms. The lowest BCUT2D eigenvalue weighted by molar-refractivity contribution is -0.137. The van der Waals surface area contributed by atoms with Crippen molar-refractivity contribution in [1.29, 1.82) is 0 Å². The van der Waals surface area contributed by atoms with Crippen molar-refractivity contribution >= 4 is 46.7 Å². The van der Waals surface area contributed by atoms with Crippen LogP contribution in [0.4, 0.5) is 4.79 Å². The van der Waals surface area contributed by atoms with Crippen LogP contribution in [-0.4, -0.2) is 43.4 Å². The summed E-state index contributed by atoms with van der Waals surface area (Å²) in [4.78, 5) is 38.6. The maximum Gasteiger partial charge on any atom is 0.303 e. The molecule has 168 valence electrons. The van der Waals surface area contributed by atoms with E-state index < -0.39 is 11.9 Å². The van der Waals surface area contributed by atoms with Crippen LogP contribution < -0.4 is 0 Å². The Morgan fingerprint density at radius 3 is 2.42 bits per heavy atom. The molecule has 1 aliphatic rings. The fraction of sp³-hybridized carbons (Fsp3) is 0.167. The van der Waals surface area contributed by atoms with E-state index in [1.807, 2.05) is 67.7 Å². The maximum absolute atomic E-state index is 13.0. The molecule has 7 nitrogen and oxygen atoms in total. The van der Waals surface area contributed by atoms with Gasteiger partial charge in [-0.05, 0) is 36.4 Å².